The molecule has 1 N–H and O–H groups in total. The maximum atomic E-state index is 5.84. The van der Waals surface area contributed by atoms with E-state index in [1.807, 2.05) is 18.2 Å². The molecular formula is C17H23NO2. The Hall–Kier alpha value is -1.74. The standard InChI is InChI=1S/C17H23NO2/c1-3-9-18-11-14-10-16(19-12-14)13-20-17-8-6-5-7-15(17)4-2/h5-8,10,12,18H,3-4,9,11,13H2,1-2H3. The Bertz CT molecular complexity index is 519. The minimum atomic E-state index is 0.477. The zero-order valence-corrected chi connectivity index (χ0v) is 12.3. The first-order valence-corrected chi connectivity index (χ1v) is 7.31. The molecular weight excluding hydrogens is 250 g/mol. The number of ether oxygens (including phenoxy) is 1. The van der Waals surface area contributed by atoms with E-state index in [1.165, 1.54) is 11.1 Å². The van der Waals surface area contributed by atoms with Crippen molar-refractivity contribution in [3.63, 3.8) is 0 Å². The van der Waals surface area contributed by atoms with Crippen LogP contribution >= 0.6 is 0 Å². The summed E-state index contributed by atoms with van der Waals surface area (Å²) in [4.78, 5) is 0. The van der Waals surface area contributed by atoms with E-state index < -0.39 is 0 Å². The van der Waals surface area contributed by atoms with Crippen molar-refractivity contribution in [1.82, 2.24) is 5.32 Å². The average molecular weight is 273 g/mol. The molecule has 1 aromatic carbocycles. The fraction of sp³-hybridized carbons (Fsp3) is 0.412. The minimum absolute atomic E-state index is 0.477. The van der Waals surface area contributed by atoms with E-state index in [-0.39, 0.29) is 0 Å². The van der Waals surface area contributed by atoms with E-state index in [0.29, 0.717) is 6.61 Å². The largest absolute Gasteiger partial charge is 0.485 e. The SMILES string of the molecule is CCCNCc1coc(COc2ccccc2CC)c1. The number of aryl methyl sites for hydroxylation is 1. The van der Waals surface area contributed by atoms with Crippen LogP contribution in [-0.4, -0.2) is 6.54 Å². The number of benzene rings is 1. The molecule has 108 valence electrons. The van der Waals surface area contributed by atoms with Crippen LogP contribution < -0.4 is 10.1 Å². The number of nitrogens with one attached hydrogen (secondary N) is 1. The molecule has 0 unspecified atom stereocenters. The van der Waals surface area contributed by atoms with Crippen LogP contribution in [0, 0.1) is 0 Å². The lowest BCUT2D eigenvalue weighted by molar-refractivity contribution is 0.268. The summed E-state index contributed by atoms with van der Waals surface area (Å²) in [6.07, 6.45) is 3.91. The Balaban J connectivity index is 1.87. The van der Waals surface area contributed by atoms with Gasteiger partial charge in [0.05, 0.1) is 6.26 Å². The Morgan fingerprint density at radius 3 is 2.85 bits per heavy atom. The van der Waals surface area contributed by atoms with Crippen LogP contribution in [0.2, 0.25) is 0 Å². The lowest BCUT2D eigenvalue weighted by atomic mass is 10.1. The highest BCUT2D eigenvalue weighted by Gasteiger charge is 2.05. The van der Waals surface area contributed by atoms with Gasteiger partial charge in [-0.2, -0.15) is 0 Å². The summed E-state index contributed by atoms with van der Waals surface area (Å²) >= 11 is 0. The number of hydrogen-bond donors (Lipinski definition) is 1. The molecule has 0 radical (unpaired) electrons. The van der Waals surface area contributed by atoms with Crippen molar-refractivity contribution in [2.75, 3.05) is 6.54 Å². The van der Waals surface area contributed by atoms with Crippen molar-refractivity contribution in [3.8, 4) is 5.75 Å². The van der Waals surface area contributed by atoms with Crippen molar-refractivity contribution in [2.45, 2.75) is 39.8 Å². The third kappa shape index (κ3) is 4.14. The highest BCUT2D eigenvalue weighted by Crippen LogP contribution is 2.20. The molecule has 0 spiro atoms. The number of furan rings is 1. The zero-order valence-electron chi connectivity index (χ0n) is 12.3. The van der Waals surface area contributed by atoms with Crippen LogP contribution in [0.4, 0.5) is 0 Å². The van der Waals surface area contributed by atoms with Gasteiger partial charge in [-0.25, -0.2) is 0 Å². The summed E-state index contributed by atoms with van der Waals surface area (Å²) in [5, 5.41) is 3.36. The predicted octanol–water partition coefficient (Wildman–Crippen LogP) is 3.92. The van der Waals surface area contributed by atoms with Gasteiger partial charge in [-0.05, 0) is 37.1 Å². The highest BCUT2D eigenvalue weighted by molar-refractivity contribution is 5.33. The molecule has 20 heavy (non-hydrogen) atoms. The molecule has 2 aromatic rings. The molecule has 0 aliphatic heterocycles. The third-order valence-electron chi connectivity index (χ3n) is 3.19. The first kappa shape index (κ1) is 14.7. The molecule has 3 heteroatoms. The molecule has 1 heterocycles. The van der Waals surface area contributed by atoms with Crippen LogP contribution in [0.5, 0.6) is 5.75 Å². The summed E-state index contributed by atoms with van der Waals surface area (Å²) in [5.41, 5.74) is 2.39. The van der Waals surface area contributed by atoms with Gasteiger partial charge >= 0.3 is 0 Å². The Labute approximate surface area is 121 Å². The predicted molar refractivity (Wildman–Crippen MR) is 80.9 cm³/mol. The lowest BCUT2D eigenvalue weighted by Gasteiger charge is -2.08. The second kappa shape index (κ2) is 7.75. The fourth-order valence-corrected chi connectivity index (χ4v) is 2.09. The monoisotopic (exact) mass is 273 g/mol. The van der Waals surface area contributed by atoms with Crippen molar-refractivity contribution in [3.05, 3.63) is 53.5 Å². The molecule has 3 nitrogen and oxygen atoms in total. The summed E-state index contributed by atoms with van der Waals surface area (Å²) in [7, 11) is 0. The maximum Gasteiger partial charge on any atom is 0.146 e. The van der Waals surface area contributed by atoms with Gasteiger partial charge in [0.2, 0.25) is 0 Å². The van der Waals surface area contributed by atoms with Gasteiger partial charge in [0.25, 0.3) is 0 Å². The molecule has 0 amide bonds. The van der Waals surface area contributed by atoms with Gasteiger partial charge in [0, 0.05) is 12.1 Å². The number of hydrogen-bond acceptors (Lipinski definition) is 3. The Kier molecular flexibility index (Phi) is 5.69. The van der Waals surface area contributed by atoms with Gasteiger partial charge in [0.1, 0.15) is 18.1 Å². The molecule has 0 bridgehead atoms. The maximum absolute atomic E-state index is 5.84. The van der Waals surface area contributed by atoms with E-state index in [1.54, 1.807) is 6.26 Å². The van der Waals surface area contributed by atoms with Crippen molar-refractivity contribution in [2.24, 2.45) is 0 Å². The van der Waals surface area contributed by atoms with E-state index >= 15 is 0 Å². The Morgan fingerprint density at radius 2 is 2.05 bits per heavy atom. The molecule has 0 aliphatic rings. The van der Waals surface area contributed by atoms with Gasteiger partial charge in [-0.1, -0.05) is 32.0 Å². The number of rotatable bonds is 8. The van der Waals surface area contributed by atoms with Gasteiger partial charge in [-0.15, -0.1) is 0 Å². The van der Waals surface area contributed by atoms with Gasteiger partial charge in [0.15, 0.2) is 0 Å². The van der Waals surface area contributed by atoms with Crippen molar-refractivity contribution >= 4 is 0 Å². The smallest absolute Gasteiger partial charge is 0.146 e. The van der Waals surface area contributed by atoms with Crippen LogP contribution in [0.25, 0.3) is 0 Å². The molecule has 2 rings (SSSR count). The molecule has 0 atom stereocenters. The number of para-hydroxylation sites is 1. The summed E-state index contributed by atoms with van der Waals surface area (Å²) in [6, 6.07) is 10.2. The third-order valence-corrected chi connectivity index (χ3v) is 3.19. The zero-order chi connectivity index (χ0) is 14.2. The molecule has 0 saturated heterocycles. The minimum Gasteiger partial charge on any atom is -0.485 e. The Morgan fingerprint density at radius 1 is 1.20 bits per heavy atom. The van der Waals surface area contributed by atoms with E-state index in [0.717, 1.165) is 37.4 Å². The van der Waals surface area contributed by atoms with E-state index in [4.69, 9.17) is 9.15 Å². The van der Waals surface area contributed by atoms with E-state index in [9.17, 15) is 0 Å². The quantitative estimate of drug-likeness (QED) is 0.740. The first-order chi connectivity index (χ1) is 9.83. The van der Waals surface area contributed by atoms with Crippen LogP contribution in [0.15, 0.2) is 41.0 Å². The summed E-state index contributed by atoms with van der Waals surface area (Å²) in [6.45, 7) is 6.65. The second-order valence-electron chi connectivity index (χ2n) is 4.85. The normalized spacial score (nSPS) is 10.7. The van der Waals surface area contributed by atoms with Crippen LogP contribution in [0.1, 0.15) is 37.2 Å². The van der Waals surface area contributed by atoms with Gasteiger partial charge < -0.3 is 14.5 Å². The van der Waals surface area contributed by atoms with Crippen LogP contribution in [0.3, 0.4) is 0 Å². The lowest BCUT2D eigenvalue weighted by Crippen LogP contribution is -2.13. The van der Waals surface area contributed by atoms with Crippen molar-refractivity contribution in [1.29, 1.82) is 0 Å². The molecule has 0 saturated carbocycles. The second-order valence-corrected chi connectivity index (χ2v) is 4.85. The molecule has 0 aliphatic carbocycles. The first-order valence-electron chi connectivity index (χ1n) is 7.31. The molecule has 0 fully saturated rings. The van der Waals surface area contributed by atoms with Crippen LogP contribution in [-0.2, 0) is 19.6 Å². The summed E-state index contributed by atoms with van der Waals surface area (Å²) < 4.78 is 11.4. The fourth-order valence-electron chi connectivity index (χ4n) is 2.09. The van der Waals surface area contributed by atoms with E-state index in [2.05, 4.69) is 31.3 Å². The van der Waals surface area contributed by atoms with Crippen molar-refractivity contribution < 1.29 is 9.15 Å². The molecule has 1 aromatic heterocycles. The van der Waals surface area contributed by atoms with Gasteiger partial charge in [-0.3, -0.25) is 0 Å². The topological polar surface area (TPSA) is 34.4 Å². The average Bonchev–Trinajstić information content (AvgIpc) is 2.93. The summed E-state index contributed by atoms with van der Waals surface area (Å²) in [5.74, 6) is 1.81. The highest BCUT2D eigenvalue weighted by atomic mass is 16.5.